The van der Waals surface area contributed by atoms with Crippen molar-refractivity contribution in [2.45, 2.75) is 26.7 Å². The molecule has 1 aromatic heterocycles. The smallest absolute Gasteiger partial charge is 0.251 e. The Bertz CT molecular complexity index is 1070. The van der Waals surface area contributed by atoms with Gasteiger partial charge in [-0.2, -0.15) is 4.31 Å². The standard InChI is InChI=1S/C21H25N3O4S2/c1-14-15(2)29-21(18(14)19(22)25)23-20(26)17-8-11-24(12-9-17)30(27,28)13-10-16-6-4-3-5-7-16/h3-7,10,13,17H,8-9,11-12H2,1-2H3,(H2,22,25)(H,23,26)/b13-10+. The van der Waals surface area contributed by atoms with Gasteiger partial charge in [-0.3, -0.25) is 9.59 Å². The molecule has 1 aromatic carbocycles. The van der Waals surface area contributed by atoms with Gasteiger partial charge in [0.15, 0.2) is 0 Å². The van der Waals surface area contributed by atoms with E-state index in [-0.39, 0.29) is 24.9 Å². The Balaban J connectivity index is 1.61. The Morgan fingerprint density at radius 1 is 1.17 bits per heavy atom. The number of primary amides is 1. The van der Waals surface area contributed by atoms with Gasteiger partial charge in [-0.15, -0.1) is 11.3 Å². The van der Waals surface area contributed by atoms with Crippen molar-refractivity contribution in [1.29, 1.82) is 0 Å². The molecule has 0 unspecified atom stereocenters. The maximum atomic E-state index is 12.7. The molecule has 7 nitrogen and oxygen atoms in total. The molecular formula is C21H25N3O4S2. The van der Waals surface area contributed by atoms with Gasteiger partial charge in [0.25, 0.3) is 5.91 Å². The fraction of sp³-hybridized carbons (Fsp3) is 0.333. The van der Waals surface area contributed by atoms with Gasteiger partial charge in [0, 0.05) is 29.3 Å². The summed E-state index contributed by atoms with van der Waals surface area (Å²) in [5, 5.41) is 4.49. The van der Waals surface area contributed by atoms with Gasteiger partial charge in [0.05, 0.1) is 5.56 Å². The van der Waals surface area contributed by atoms with E-state index in [1.54, 1.807) is 13.0 Å². The number of piperidine rings is 1. The fourth-order valence-corrected chi connectivity index (χ4v) is 5.70. The zero-order valence-electron chi connectivity index (χ0n) is 16.9. The Morgan fingerprint density at radius 3 is 2.40 bits per heavy atom. The minimum Gasteiger partial charge on any atom is -0.365 e. The summed E-state index contributed by atoms with van der Waals surface area (Å²) in [5.74, 6) is -1.10. The number of thiophene rings is 1. The van der Waals surface area contributed by atoms with E-state index in [9.17, 15) is 18.0 Å². The second-order valence-electron chi connectivity index (χ2n) is 7.27. The van der Waals surface area contributed by atoms with Gasteiger partial charge in [-0.05, 0) is 43.9 Å². The highest BCUT2D eigenvalue weighted by Gasteiger charge is 2.31. The highest BCUT2D eigenvalue weighted by molar-refractivity contribution is 7.92. The largest absolute Gasteiger partial charge is 0.365 e. The van der Waals surface area contributed by atoms with E-state index in [1.807, 2.05) is 37.3 Å². The summed E-state index contributed by atoms with van der Waals surface area (Å²) >= 11 is 1.32. The van der Waals surface area contributed by atoms with Gasteiger partial charge < -0.3 is 11.1 Å². The molecule has 0 radical (unpaired) electrons. The predicted molar refractivity (Wildman–Crippen MR) is 120 cm³/mol. The number of rotatable bonds is 6. The number of carbonyl (C=O) groups excluding carboxylic acids is 2. The van der Waals surface area contributed by atoms with Crippen LogP contribution in [0.15, 0.2) is 35.7 Å². The number of anilines is 1. The highest BCUT2D eigenvalue weighted by atomic mass is 32.2. The molecule has 160 valence electrons. The first-order chi connectivity index (χ1) is 14.2. The van der Waals surface area contributed by atoms with Gasteiger partial charge >= 0.3 is 0 Å². The molecule has 0 bridgehead atoms. The Kier molecular flexibility index (Phi) is 6.74. The molecule has 1 saturated heterocycles. The third-order valence-electron chi connectivity index (χ3n) is 5.29. The van der Waals surface area contributed by atoms with Crippen molar-refractivity contribution < 1.29 is 18.0 Å². The summed E-state index contributed by atoms with van der Waals surface area (Å²) in [4.78, 5) is 25.3. The van der Waals surface area contributed by atoms with E-state index in [1.165, 1.54) is 21.1 Å². The number of nitrogens with zero attached hydrogens (tertiary/aromatic N) is 1. The quantitative estimate of drug-likeness (QED) is 0.709. The molecule has 0 saturated carbocycles. The van der Waals surface area contributed by atoms with Crippen LogP contribution >= 0.6 is 11.3 Å². The number of hydrogen-bond acceptors (Lipinski definition) is 5. The Morgan fingerprint density at radius 2 is 1.80 bits per heavy atom. The van der Waals surface area contributed by atoms with Crippen LogP contribution < -0.4 is 11.1 Å². The van der Waals surface area contributed by atoms with E-state index in [4.69, 9.17) is 5.73 Å². The molecule has 3 N–H and O–H groups in total. The summed E-state index contributed by atoms with van der Waals surface area (Å²) in [7, 11) is -3.55. The molecule has 0 spiro atoms. The van der Waals surface area contributed by atoms with Gasteiger partial charge in [-0.1, -0.05) is 30.3 Å². The Labute approximate surface area is 180 Å². The van der Waals surface area contributed by atoms with Crippen molar-refractivity contribution in [3.05, 3.63) is 57.3 Å². The van der Waals surface area contributed by atoms with Crippen molar-refractivity contribution in [2.24, 2.45) is 11.7 Å². The zero-order chi connectivity index (χ0) is 21.9. The first-order valence-corrected chi connectivity index (χ1v) is 11.9. The van der Waals surface area contributed by atoms with Crippen molar-refractivity contribution in [3.63, 3.8) is 0 Å². The van der Waals surface area contributed by atoms with Crippen LogP contribution in [0.4, 0.5) is 5.00 Å². The average Bonchev–Trinajstić information content (AvgIpc) is 3.00. The summed E-state index contributed by atoms with van der Waals surface area (Å²) in [6, 6.07) is 9.22. The molecule has 2 amide bonds. The van der Waals surface area contributed by atoms with Crippen LogP contribution in [-0.2, 0) is 14.8 Å². The monoisotopic (exact) mass is 447 g/mol. The van der Waals surface area contributed by atoms with E-state index >= 15 is 0 Å². The minimum absolute atomic E-state index is 0.212. The van der Waals surface area contributed by atoms with E-state index in [0.29, 0.717) is 23.4 Å². The molecule has 30 heavy (non-hydrogen) atoms. The predicted octanol–water partition coefficient (Wildman–Crippen LogP) is 3.12. The first-order valence-electron chi connectivity index (χ1n) is 9.63. The van der Waals surface area contributed by atoms with Crippen molar-refractivity contribution in [1.82, 2.24) is 4.31 Å². The van der Waals surface area contributed by atoms with Crippen LogP contribution in [0.3, 0.4) is 0 Å². The second kappa shape index (κ2) is 9.11. The SMILES string of the molecule is Cc1sc(NC(=O)C2CCN(S(=O)(=O)/C=C/c3ccccc3)CC2)c(C(N)=O)c1C. The Hall–Kier alpha value is -2.49. The van der Waals surface area contributed by atoms with Crippen molar-refractivity contribution in [3.8, 4) is 0 Å². The number of hydrogen-bond donors (Lipinski definition) is 2. The fourth-order valence-electron chi connectivity index (χ4n) is 3.41. The summed E-state index contributed by atoms with van der Waals surface area (Å²) in [6.45, 7) is 4.21. The van der Waals surface area contributed by atoms with Gasteiger partial charge in [-0.25, -0.2) is 8.42 Å². The molecule has 2 heterocycles. The zero-order valence-corrected chi connectivity index (χ0v) is 18.6. The number of nitrogens with one attached hydrogen (secondary N) is 1. The maximum absolute atomic E-state index is 12.7. The molecule has 9 heteroatoms. The highest BCUT2D eigenvalue weighted by Crippen LogP contribution is 2.33. The number of benzene rings is 1. The van der Waals surface area contributed by atoms with Crippen LogP contribution in [0.5, 0.6) is 0 Å². The number of carbonyl (C=O) groups is 2. The summed E-state index contributed by atoms with van der Waals surface area (Å²) in [6.07, 6.45) is 2.40. The van der Waals surface area contributed by atoms with E-state index in [2.05, 4.69) is 5.32 Å². The minimum atomic E-state index is -3.55. The van der Waals surface area contributed by atoms with Crippen molar-refractivity contribution >= 4 is 44.3 Å². The number of sulfonamides is 1. The van der Waals surface area contributed by atoms with Crippen LogP contribution in [0, 0.1) is 19.8 Å². The molecule has 0 aliphatic carbocycles. The lowest BCUT2D eigenvalue weighted by Crippen LogP contribution is -2.40. The molecule has 1 aliphatic heterocycles. The lowest BCUT2D eigenvalue weighted by Gasteiger charge is -2.29. The molecule has 2 aromatic rings. The van der Waals surface area contributed by atoms with Crippen LogP contribution in [0.1, 0.15) is 39.2 Å². The molecular weight excluding hydrogens is 422 g/mol. The second-order valence-corrected chi connectivity index (χ2v) is 10.3. The number of nitrogens with two attached hydrogens (primary N) is 1. The molecule has 3 rings (SSSR count). The average molecular weight is 448 g/mol. The normalized spacial score (nSPS) is 16.1. The molecule has 1 aliphatic rings. The van der Waals surface area contributed by atoms with E-state index in [0.717, 1.165) is 16.0 Å². The van der Waals surface area contributed by atoms with Crippen LogP contribution in [-0.4, -0.2) is 37.6 Å². The number of aryl methyl sites for hydroxylation is 1. The topological polar surface area (TPSA) is 110 Å². The van der Waals surface area contributed by atoms with Crippen LogP contribution in [0.25, 0.3) is 6.08 Å². The van der Waals surface area contributed by atoms with E-state index < -0.39 is 15.9 Å². The number of amides is 2. The lowest BCUT2D eigenvalue weighted by molar-refractivity contribution is -0.120. The van der Waals surface area contributed by atoms with Gasteiger partial charge in [0.1, 0.15) is 5.00 Å². The van der Waals surface area contributed by atoms with Crippen molar-refractivity contribution in [2.75, 3.05) is 18.4 Å². The third-order valence-corrected chi connectivity index (χ3v) is 7.97. The maximum Gasteiger partial charge on any atom is 0.251 e. The molecule has 0 atom stereocenters. The third kappa shape index (κ3) is 4.97. The lowest BCUT2D eigenvalue weighted by atomic mass is 9.97. The first kappa shape index (κ1) is 22.2. The summed E-state index contributed by atoms with van der Waals surface area (Å²) in [5.41, 5.74) is 7.38. The van der Waals surface area contributed by atoms with Crippen LogP contribution in [0.2, 0.25) is 0 Å². The molecule has 1 fully saturated rings. The summed E-state index contributed by atoms with van der Waals surface area (Å²) < 4.78 is 26.5. The van der Waals surface area contributed by atoms with Gasteiger partial charge in [0.2, 0.25) is 15.9 Å².